The second-order valence-electron chi connectivity index (χ2n) is 5.38. The van der Waals surface area contributed by atoms with E-state index in [0.717, 1.165) is 6.42 Å². The molecule has 0 saturated heterocycles. The summed E-state index contributed by atoms with van der Waals surface area (Å²) in [6, 6.07) is 10.9. The van der Waals surface area contributed by atoms with Crippen molar-refractivity contribution >= 4 is 0 Å². The highest BCUT2D eigenvalue weighted by Gasteiger charge is 2.24. The first kappa shape index (κ1) is 13.3. The van der Waals surface area contributed by atoms with Gasteiger partial charge in [0.1, 0.15) is 0 Å². The van der Waals surface area contributed by atoms with Crippen LogP contribution in [0, 0.1) is 6.92 Å². The third-order valence-corrected chi connectivity index (χ3v) is 4.08. The topological polar surface area (TPSA) is 18.5 Å². The van der Waals surface area contributed by atoms with Crippen LogP contribution in [0.15, 0.2) is 30.3 Å². The Balaban J connectivity index is 2.21. The van der Waals surface area contributed by atoms with Crippen LogP contribution in [-0.4, -0.2) is 14.2 Å². The quantitative estimate of drug-likeness (QED) is 0.715. The van der Waals surface area contributed by atoms with Gasteiger partial charge in [0, 0.05) is 14.2 Å². The van der Waals surface area contributed by atoms with E-state index in [0.29, 0.717) is 13.2 Å². The number of hydrogen-bond donors (Lipinski definition) is 0. The van der Waals surface area contributed by atoms with Crippen molar-refractivity contribution in [2.75, 3.05) is 14.2 Å². The lowest BCUT2D eigenvalue weighted by molar-refractivity contribution is 0.168. The predicted molar refractivity (Wildman–Crippen MR) is 80.8 cm³/mol. The SMILES string of the molecule is COCc1cc(C)c2c(c1COC)Cc1ccccc1-2. The lowest BCUT2D eigenvalue weighted by atomic mass is 9.92. The molecule has 0 aliphatic heterocycles. The Morgan fingerprint density at radius 2 is 1.80 bits per heavy atom. The molecule has 0 heterocycles. The maximum absolute atomic E-state index is 5.42. The third kappa shape index (κ3) is 2.05. The smallest absolute Gasteiger partial charge is 0.0719 e. The summed E-state index contributed by atoms with van der Waals surface area (Å²) in [7, 11) is 3.50. The first-order valence-electron chi connectivity index (χ1n) is 6.96. The third-order valence-electron chi connectivity index (χ3n) is 4.08. The first-order valence-corrected chi connectivity index (χ1v) is 6.96. The minimum absolute atomic E-state index is 0.642. The zero-order valence-electron chi connectivity index (χ0n) is 12.3. The number of aryl methyl sites for hydroxylation is 1. The van der Waals surface area contributed by atoms with Crippen molar-refractivity contribution in [3.05, 3.63) is 58.1 Å². The number of hydrogen-bond acceptors (Lipinski definition) is 2. The molecule has 1 aliphatic carbocycles. The van der Waals surface area contributed by atoms with E-state index in [1.165, 1.54) is 38.9 Å². The molecule has 0 radical (unpaired) electrons. The van der Waals surface area contributed by atoms with Crippen molar-refractivity contribution in [3.63, 3.8) is 0 Å². The summed E-state index contributed by atoms with van der Waals surface area (Å²) in [5, 5.41) is 0. The van der Waals surface area contributed by atoms with Gasteiger partial charge in [-0.1, -0.05) is 30.3 Å². The fourth-order valence-corrected chi connectivity index (χ4v) is 3.29. The van der Waals surface area contributed by atoms with Crippen LogP contribution in [0.3, 0.4) is 0 Å². The van der Waals surface area contributed by atoms with Crippen LogP contribution in [0.2, 0.25) is 0 Å². The van der Waals surface area contributed by atoms with E-state index in [-0.39, 0.29) is 0 Å². The lowest BCUT2D eigenvalue weighted by Crippen LogP contribution is -2.04. The molecule has 0 amide bonds. The van der Waals surface area contributed by atoms with Crippen LogP contribution in [0.4, 0.5) is 0 Å². The average Bonchev–Trinajstić information content (AvgIpc) is 2.83. The molecule has 0 unspecified atom stereocenters. The van der Waals surface area contributed by atoms with Crippen molar-refractivity contribution in [2.45, 2.75) is 26.6 Å². The average molecular weight is 268 g/mol. The molecule has 0 spiro atoms. The molecule has 20 heavy (non-hydrogen) atoms. The van der Waals surface area contributed by atoms with E-state index < -0.39 is 0 Å². The van der Waals surface area contributed by atoms with Gasteiger partial charge in [-0.3, -0.25) is 0 Å². The van der Waals surface area contributed by atoms with Crippen LogP contribution in [0.5, 0.6) is 0 Å². The van der Waals surface area contributed by atoms with Gasteiger partial charge in [0.15, 0.2) is 0 Å². The molecule has 104 valence electrons. The highest BCUT2D eigenvalue weighted by atomic mass is 16.5. The molecule has 2 heteroatoms. The van der Waals surface area contributed by atoms with Crippen molar-refractivity contribution in [1.29, 1.82) is 0 Å². The second kappa shape index (κ2) is 5.39. The van der Waals surface area contributed by atoms with Crippen molar-refractivity contribution in [1.82, 2.24) is 0 Å². The van der Waals surface area contributed by atoms with Crippen molar-refractivity contribution in [2.24, 2.45) is 0 Å². The van der Waals surface area contributed by atoms with Gasteiger partial charge in [0.2, 0.25) is 0 Å². The maximum atomic E-state index is 5.42. The molecule has 0 bridgehead atoms. The minimum Gasteiger partial charge on any atom is -0.380 e. The Morgan fingerprint density at radius 3 is 2.55 bits per heavy atom. The standard InChI is InChI=1S/C18H20O2/c1-12-8-14(10-19-2)17(11-20-3)16-9-13-6-4-5-7-15(13)18(12)16/h4-8H,9-11H2,1-3H3. The summed E-state index contributed by atoms with van der Waals surface area (Å²) in [6.45, 7) is 3.48. The highest BCUT2D eigenvalue weighted by molar-refractivity contribution is 5.81. The monoisotopic (exact) mass is 268 g/mol. The van der Waals surface area contributed by atoms with Crippen LogP contribution < -0.4 is 0 Å². The highest BCUT2D eigenvalue weighted by Crippen LogP contribution is 2.41. The molecule has 1 aliphatic rings. The molecule has 0 atom stereocenters. The first-order chi connectivity index (χ1) is 9.76. The molecular weight excluding hydrogens is 248 g/mol. The van der Waals surface area contributed by atoms with Gasteiger partial charge >= 0.3 is 0 Å². The van der Waals surface area contributed by atoms with E-state index in [9.17, 15) is 0 Å². The van der Waals surface area contributed by atoms with E-state index in [4.69, 9.17) is 9.47 Å². The largest absolute Gasteiger partial charge is 0.380 e. The van der Waals surface area contributed by atoms with Crippen molar-refractivity contribution in [3.8, 4) is 11.1 Å². The van der Waals surface area contributed by atoms with Gasteiger partial charge in [-0.15, -0.1) is 0 Å². The van der Waals surface area contributed by atoms with Gasteiger partial charge in [0.05, 0.1) is 13.2 Å². The van der Waals surface area contributed by atoms with Gasteiger partial charge < -0.3 is 9.47 Å². The second-order valence-corrected chi connectivity index (χ2v) is 5.38. The van der Waals surface area contributed by atoms with Crippen LogP contribution in [-0.2, 0) is 29.1 Å². The molecule has 0 N–H and O–H groups in total. The summed E-state index contributed by atoms with van der Waals surface area (Å²) in [4.78, 5) is 0. The fraction of sp³-hybridized carbons (Fsp3) is 0.333. The van der Waals surface area contributed by atoms with E-state index in [2.05, 4.69) is 37.3 Å². The number of fused-ring (bicyclic) bond motifs is 3. The number of methoxy groups -OCH3 is 2. The molecular formula is C18H20O2. The number of benzene rings is 2. The lowest BCUT2D eigenvalue weighted by Gasteiger charge is -2.16. The Bertz CT molecular complexity index is 644. The summed E-state index contributed by atoms with van der Waals surface area (Å²) in [5.74, 6) is 0. The van der Waals surface area contributed by atoms with Crippen LogP contribution in [0.25, 0.3) is 11.1 Å². The molecule has 0 aromatic heterocycles. The van der Waals surface area contributed by atoms with Gasteiger partial charge in [-0.05, 0) is 52.3 Å². The minimum atomic E-state index is 0.642. The number of ether oxygens (including phenoxy) is 2. The van der Waals surface area contributed by atoms with E-state index in [1.54, 1.807) is 14.2 Å². The zero-order valence-corrected chi connectivity index (χ0v) is 12.3. The summed E-state index contributed by atoms with van der Waals surface area (Å²) >= 11 is 0. The normalized spacial score (nSPS) is 12.3. The Labute approximate surface area is 120 Å². The van der Waals surface area contributed by atoms with Gasteiger partial charge in [-0.25, -0.2) is 0 Å². The number of rotatable bonds is 4. The van der Waals surface area contributed by atoms with Crippen molar-refractivity contribution < 1.29 is 9.47 Å². The molecule has 0 saturated carbocycles. The molecule has 0 fully saturated rings. The van der Waals surface area contributed by atoms with Crippen LogP contribution in [0.1, 0.15) is 27.8 Å². The zero-order chi connectivity index (χ0) is 14.1. The van der Waals surface area contributed by atoms with E-state index in [1.807, 2.05) is 0 Å². The van der Waals surface area contributed by atoms with E-state index >= 15 is 0 Å². The Hall–Kier alpha value is -1.64. The maximum Gasteiger partial charge on any atom is 0.0719 e. The molecule has 2 nitrogen and oxygen atoms in total. The van der Waals surface area contributed by atoms with Crippen LogP contribution >= 0.6 is 0 Å². The Morgan fingerprint density at radius 1 is 1.05 bits per heavy atom. The van der Waals surface area contributed by atoms with Gasteiger partial charge in [0.25, 0.3) is 0 Å². The summed E-state index contributed by atoms with van der Waals surface area (Å²) in [5.41, 5.74) is 9.48. The predicted octanol–water partition coefficient (Wildman–Crippen LogP) is 3.86. The fourth-order valence-electron chi connectivity index (χ4n) is 3.29. The summed E-state index contributed by atoms with van der Waals surface area (Å²) < 4.78 is 10.8. The Kier molecular flexibility index (Phi) is 3.60. The molecule has 2 aromatic rings. The molecule has 2 aromatic carbocycles. The molecule has 3 rings (SSSR count). The van der Waals surface area contributed by atoms with Gasteiger partial charge in [-0.2, -0.15) is 0 Å². The summed E-state index contributed by atoms with van der Waals surface area (Å²) in [6.07, 6.45) is 1.00.